The Hall–Kier alpha value is -2.82. The number of carbonyl (C=O) groups is 2. The zero-order chi connectivity index (χ0) is 19.2. The number of benzene rings is 2. The Labute approximate surface area is 160 Å². The summed E-state index contributed by atoms with van der Waals surface area (Å²) < 4.78 is 5.16. The van der Waals surface area contributed by atoms with E-state index < -0.39 is 0 Å². The molecule has 1 N–H and O–H groups in total. The van der Waals surface area contributed by atoms with Crippen molar-refractivity contribution < 1.29 is 14.3 Å². The molecule has 0 aromatic heterocycles. The van der Waals surface area contributed by atoms with Crippen molar-refractivity contribution in [2.24, 2.45) is 0 Å². The van der Waals surface area contributed by atoms with E-state index in [4.69, 9.17) is 4.74 Å². The van der Waals surface area contributed by atoms with E-state index in [-0.39, 0.29) is 11.8 Å². The highest BCUT2D eigenvalue weighted by Gasteiger charge is 2.25. The maximum atomic E-state index is 12.9. The zero-order valence-electron chi connectivity index (χ0n) is 16.0. The van der Waals surface area contributed by atoms with Crippen LogP contribution in [0.15, 0.2) is 42.5 Å². The summed E-state index contributed by atoms with van der Waals surface area (Å²) in [6.45, 7) is 3.23. The van der Waals surface area contributed by atoms with Crippen molar-refractivity contribution >= 4 is 17.5 Å². The van der Waals surface area contributed by atoms with E-state index in [9.17, 15) is 9.59 Å². The fourth-order valence-corrected chi connectivity index (χ4v) is 3.26. The molecule has 5 nitrogen and oxygen atoms in total. The molecule has 1 heterocycles. The van der Waals surface area contributed by atoms with Crippen LogP contribution in [0, 0.1) is 0 Å². The van der Waals surface area contributed by atoms with Crippen LogP contribution in [0.2, 0.25) is 0 Å². The van der Waals surface area contributed by atoms with Crippen LogP contribution in [0.5, 0.6) is 5.75 Å². The minimum Gasteiger partial charge on any atom is -0.497 e. The molecule has 0 bridgehead atoms. The van der Waals surface area contributed by atoms with Gasteiger partial charge in [-0.2, -0.15) is 0 Å². The number of methoxy groups -OCH3 is 1. The summed E-state index contributed by atoms with van der Waals surface area (Å²) in [5, 5.41) is 2.96. The molecule has 1 aliphatic rings. The van der Waals surface area contributed by atoms with E-state index in [0.29, 0.717) is 25.1 Å². The van der Waals surface area contributed by atoms with Crippen molar-refractivity contribution in [3.63, 3.8) is 0 Å². The number of rotatable bonds is 7. The molecule has 142 valence electrons. The SMILES string of the molecule is CCCCC(=O)NCc1ccc2c(c1)N(C(=O)c1ccc(OC)cc1)CC2. The summed E-state index contributed by atoms with van der Waals surface area (Å²) in [7, 11) is 1.61. The molecule has 2 aromatic rings. The third kappa shape index (κ3) is 4.48. The van der Waals surface area contributed by atoms with Crippen LogP contribution in [0.1, 0.15) is 47.7 Å². The number of nitrogens with one attached hydrogen (secondary N) is 1. The first kappa shape index (κ1) is 19.0. The van der Waals surface area contributed by atoms with Crippen LogP contribution in [0.4, 0.5) is 5.69 Å². The Kier molecular flexibility index (Phi) is 6.12. The Morgan fingerprint density at radius 3 is 2.63 bits per heavy atom. The highest BCUT2D eigenvalue weighted by molar-refractivity contribution is 6.07. The van der Waals surface area contributed by atoms with Gasteiger partial charge in [0.1, 0.15) is 5.75 Å². The number of unbranched alkanes of at least 4 members (excludes halogenated alkanes) is 1. The molecule has 5 heteroatoms. The molecule has 0 spiro atoms. The molecule has 0 saturated carbocycles. The summed E-state index contributed by atoms with van der Waals surface area (Å²) >= 11 is 0. The van der Waals surface area contributed by atoms with Gasteiger partial charge in [-0.1, -0.05) is 25.5 Å². The average Bonchev–Trinajstić information content (AvgIpc) is 3.13. The van der Waals surface area contributed by atoms with E-state index in [1.807, 2.05) is 17.0 Å². The van der Waals surface area contributed by atoms with Gasteiger partial charge in [0.2, 0.25) is 5.91 Å². The molecule has 0 fully saturated rings. The zero-order valence-corrected chi connectivity index (χ0v) is 16.0. The van der Waals surface area contributed by atoms with Crippen LogP contribution in [0.3, 0.4) is 0 Å². The van der Waals surface area contributed by atoms with Crippen molar-refractivity contribution in [2.75, 3.05) is 18.6 Å². The van der Waals surface area contributed by atoms with E-state index in [2.05, 4.69) is 18.3 Å². The maximum absolute atomic E-state index is 12.9. The van der Waals surface area contributed by atoms with Crippen LogP contribution >= 0.6 is 0 Å². The molecule has 27 heavy (non-hydrogen) atoms. The fourth-order valence-electron chi connectivity index (χ4n) is 3.26. The van der Waals surface area contributed by atoms with E-state index >= 15 is 0 Å². The van der Waals surface area contributed by atoms with Crippen molar-refractivity contribution in [3.05, 3.63) is 59.2 Å². The number of carbonyl (C=O) groups excluding carboxylic acids is 2. The molecule has 0 atom stereocenters. The predicted molar refractivity (Wildman–Crippen MR) is 106 cm³/mol. The Morgan fingerprint density at radius 1 is 1.15 bits per heavy atom. The lowest BCUT2D eigenvalue weighted by Crippen LogP contribution is -2.29. The maximum Gasteiger partial charge on any atom is 0.258 e. The molecular formula is C22H26N2O3. The minimum absolute atomic E-state index is 0.0134. The van der Waals surface area contributed by atoms with Crippen LogP contribution in [-0.2, 0) is 17.8 Å². The first-order valence-electron chi connectivity index (χ1n) is 9.46. The molecule has 0 aliphatic carbocycles. The number of ether oxygens (including phenoxy) is 1. The van der Waals surface area contributed by atoms with Gasteiger partial charge >= 0.3 is 0 Å². The Balaban J connectivity index is 1.71. The largest absolute Gasteiger partial charge is 0.497 e. The molecular weight excluding hydrogens is 340 g/mol. The molecule has 2 amide bonds. The van der Waals surface area contributed by atoms with Gasteiger partial charge in [0.15, 0.2) is 0 Å². The van der Waals surface area contributed by atoms with Gasteiger partial charge in [0, 0.05) is 30.8 Å². The number of nitrogens with zero attached hydrogens (tertiary/aromatic N) is 1. The number of hydrogen-bond donors (Lipinski definition) is 1. The number of hydrogen-bond acceptors (Lipinski definition) is 3. The van der Waals surface area contributed by atoms with E-state index in [1.165, 1.54) is 0 Å². The van der Waals surface area contributed by atoms with Gasteiger partial charge < -0.3 is 15.0 Å². The summed E-state index contributed by atoms with van der Waals surface area (Å²) in [6.07, 6.45) is 3.32. The lowest BCUT2D eigenvalue weighted by Gasteiger charge is -2.18. The quantitative estimate of drug-likeness (QED) is 0.813. The average molecular weight is 366 g/mol. The van der Waals surface area contributed by atoms with Crippen LogP contribution in [-0.4, -0.2) is 25.5 Å². The van der Waals surface area contributed by atoms with Crippen molar-refractivity contribution in [1.29, 1.82) is 0 Å². The van der Waals surface area contributed by atoms with Gasteiger partial charge in [0.05, 0.1) is 7.11 Å². The minimum atomic E-state index is -0.0134. The molecule has 0 saturated heterocycles. The number of anilines is 1. The standard InChI is InChI=1S/C22H26N2O3/c1-3-4-5-21(25)23-15-16-6-7-17-12-13-24(20(17)14-16)22(26)18-8-10-19(27-2)11-9-18/h6-11,14H,3-5,12-13,15H2,1-2H3,(H,23,25). The number of amides is 2. The van der Waals surface area contributed by atoms with E-state index in [1.54, 1.807) is 31.4 Å². The molecule has 3 rings (SSSR count). The first-order chi connectivity index (χ1) is 13.1. The molecule has 0 unspecified atom stereocenters. The lowest BCUT2D eigenvalue weighted by atomic mass is 10.1. The smallest absolute Gasteiger partial charge is 0.258 e. The normalized spacial score (nSPS) is 12.6. The fraction of sp³-hybridized carbons (Fsp3) is 0.364. The van der Waals surface area contributed by atoms with Gasteiger partial charge in [-0.05, 0) is 54.3 Å². The molecule has 2 aromatic carbocycles. The van der Waals surface area contributed by atoms with Gasteiger partial charge in [-0.15, -0.1) is 0 Å². The van der Waals surface area contributed by atoms with E-state index in [0.717, 1.165) is 41.8 Å². The van der Waals surface area contributed by atoms with Gasteiger partial charge in [-0.25, -0.2) is 0 Å². The van der Waals surface area contributed by atoms with Gasteiger partial charge in [-0.3, -0.25) is 9.59 Å². The van der Waals surface area contributed by atoms with Crippen molar-refractivity contribution in [2.45, 2.75) is 39.2 Å². The van der Waals surface area contributed by atoms with Crippen molar-refractivity contribution in [1.82, 2.24) is 5.32 Å². The molecule has 1 aliphatic heterocycles. The third-order valence-corrected chi connectivity index (χ3v) is 4.87. The second kappa shape index (κ2) is 8.71. The first-order valence-corrected chi connectivity index (χ1v) is 9.46. The van der Waals surface area contributed by atoms with Crippen LogP contribution < -0.4 is 15.0 Å². The van der Waals surface area contributed by atoms with Crippen LogP contribution in [0.25, 0.3) is 0 Å². The third-order valence-electron chi connectivity index (χ3n) is 4.87. The summed E-state index contributed by atoms with van der Waals surface area (Å²) in [6, 6.07) is 13.3. The highest BCUT2D eigenvalue weighted by Crippen LogP contribution is 2.30. The Morgan fingerprint density at radius 2 is 1.93 bits per heavy atom. The van der Waals surface area contributed by atoms with Gasteiger partial charge in [0.25, 0.3) is 5.91 Å². The highest BCUT2D eigenvalue weighted by atomic mass is 16.5. The second-order valence-corrected chi connectivity index (χ2v) is 6.78. The monoisotopic (exact) mass is 366 g/mol. The summed E-state index contributed by atoms with van der Waals surface area (Å²) in [5.74, 6) is 0.790. The lowest BCUT2D eigenvalue weighted by molar-refractivity contribution is -0.121. The van der Waals surface area contributed by atoms with Crippen molar-refractivity contribution in [3.8, 4) is 5.75 Å². The second-order valence-electron chi connectivity index (χ2n) is 6.78. The number of fused-ring (bicyclic) bond motifs is 1. The Bertz CT molecular complexity index is 815. The summed E-state index contributed by atoms with van der Waals surface area (Å²) in [5.41, 5.74) is 3.75. The predicted octanol–water partition coefficient (Wildman–Crippen LogP) is 3.70. The summed E-state index contributed by atoms with van der Waals surface area (Å²) in [4.78, 5) is 26.6. The topological polar surface area (TPSA) is 58.6 Å². The molecule has 0 radical (unpaired) electrons.